The lowest BCUT2D eigenvalue weighted by molar-refractivity contribution is -0.0474. The first-order valence-electron chi connectivity index (χ1n) is 5.35. The van der Waals surface area contributed by atoms with Crippen LogP contribution in [0.15, 0.2) is 24.3 Å². The van der Waals surface area contributed by atoms with Gasteiger partial charge in [0.1, 0.15) is 0 Å². The van der Waals surface area contributed by atoms with E-state index in [1.54, 1.807) is 0 Å². The van der Waals surface area contributed by atoms with E-state index < -0.39 is 5.60 Å². The second-order valence-corrected chi connectivity index (χ2v) is 4.52. The summed E-state index contributed by atoms with van der Waals surface area (Å²) in [5, 5.41) is 13.6. The highest BCUT2D eigenvalue weighted by atomic mass is 16.3. The number of aliphatic hydroxyl groups is 1. The third-order valence-corrected chi connectivity index (χ3v) is 3.64. The van der Waals surface area contributed by atoms with Crippen molar-refractivity contribution in [1.82, 2.24) is 0 Å². The smallest absolute Gasteiger partial charge is 0.0851 e. The second-order valence-electron chi connectivity index (χ2n) is 4.52. The minimum Gasteiger partial charge on any atom is -0.388 e. The highest BCUT2D eigenvalue weighted by Crippen LogP contribution is 2.40. The van der Waals surface area contributed by atoms with Crippen molar-refractivity contribution < 1.29 is 5.11 Å². The predicted molar refractivity (Wildman–Crippen MR) is 56.4 cm³/mol. The number of rotatable bonds is 1. The normalized spacial score (nSPS) is 27.6. The lowest BCUT2D eigenvalue weighted by Crippen LogP contribution is -2.51. The Hall–Kier alpha value is -1.02. The zero-order valence-electron chi connectivity index (χ0n) is 8.16. The summed E-state index contributed by atoms with van der Waals surface area (Å²) in [5.41, 5.74) is 2.12. The number of anilines is 1. The standard InChI is InChI=1S/C12H15NO/c14-12(6-3-7-12)11-8-9-4-1-2-5-10(9)13-11/h1-2,4-5,11,13-14H,3,6-8H2. The maximum Gasteiger partial charge on any atom is 0.0851 e. The van der Waals surface area contributed by atoms with Crippen LogP contribution in [0.5, 0.6) is 0 Å². The van der Waals surface area contributed by atoms with Crippen LogP contribution in [-0.4, -0.2) is 16.7 Å². The van der Waals surface area contributed by atoms with Crippen LogP contribution in [0, 0.1) is 0 Å². The van der Waals surface area contributed by atoms with Crippen LogP contribution in [0.25, 0.3) is 0 Å². The van der Waals surface area contributed by atoms with E-state index in [1.165, 1.54) is 17.7 Å². The van der Waals surface area contributed by atoms with Crippen LogP contribution < -0.4 is 5.32 Å². The first-order valence-corrected chi connectivity index (χ1v) is 5.35. The van der Waals surface area contributed by atoms with Gasteiger partial charge in [0.2, 0.25) is 0 Å². The van der Waals surface area contributed by atoms with Crippen molar-refractivity contribution in [3.05, 3.63) is 29.8 Å². The first kappa shape index (κ1) is 8.30. The summed E-state index contributed by atoms with van der Waals surface area (Å²) < 4.78 is 0. The van der Waals surface area contributed by atoms with Crippen molar-refractivity contribution in [3.63, 3.8) is 0 Å². The van der Waals surface area contributed by atoms with Gasteiger partial charge in [0.15, 0.2) is 0 Å². The SMILES string of the molecule is OC1(C2Cc3ccccc3N2)CCC1. The largest absolute Gasteiger partial charge is 0.388 e. The first-order chi connectivity index (χ1) is 6.78. The zero-order chi connectivity index (χ0) is 9.60. The molecule has 1 atom stereocenters. The molecule has 1 heterocycles. The number of benzene rings is 1. The number of hydrogen-bond donors (Lipinski definition) is 2. The molecule has 0 spiro atoms. The van der Waals surface area contributed by atoms with E-state index in [-0.39, 0.29) is 6.04 Å². The molecule has 1 saturated carbocycles. The van der Waals surface area contributed by atoms with Crippen molar-refractivity contribution in [3.8, 4) is 0 Å². The summed E-state index contributed by atoms with van der Waals surface area (Å²) in [6.45, 7) is 0. The van der Waals surface area contributed by atoms with Gasteiger partial charge in [0, 0.05) is 5.69 Å². The minimum absolute atomic E-state index is 0.244. The van der Waals surface area contributed by atoms with Crippen LogP contribution in [0.1, 0.15) is 24.8 Å². The van der Waals surface area contributed by atoms with Gasteiger partial charge in [-0.3, -0.25) is 0 Å². The Morgan fingerprint density at radius 1 is 1.29 bits per heavy atom. The summed E-state index contributed by atoms with van der Waals surface area (Å²) >= 11 is 0. The Morgan fingerprint density at radius 3 is 2.71 bits per heavy atom. The second kappa shape index (κ2) is 2.74. The van der Waals surface area contributed by atoms with Gasteiger partial charge in [0.05, 0.1) is 11.6 Å². The molecule has 2 aliphatic rings. The average Bonchev–Trinajstić information content (AvgIpc) is 2.57. The van der Waals surface area contributed by atoms with Crippen molar-refractivity contribution in [2.75, 3.05) is 5.32 Å². The molecule has 2 N–H and O–H groups in total. The van der Waals surface area contributed by atoms with Gasteiger partial charge in [-0.05, 0) is 37.3 Å². The van der Waals surface area contributed by atoms with Crippen molar-refractivity contribution in [2.45, 2.75) is 37.3 Å². The van der Waals surface area contributed by atoms with Gasteiger partial charge in [-0.25, -0.2) is 0 Å². The van der Waals surface area contributed by atoms with E-state index in [9.17, 15) is 5.11 Å². The molecule has 1 aliphatic carbocycles. The molecule has 0 saturated heterocycles. The summed E-state index contributed by atoms with van der Waals surface area (Å²) in [5.74, 6) is 0. The molecule has 0 aromatic heterocycles. The van der Waals surface area contributed by atoms with Gasteiger partial charge in [0.25, 0.3) is 0 Å². The maximum absolute atomic E-state index is 10.2. The summed E-state index contributed by atoms with van der Waals surface area (Å²) in [6, 6.07) is 8.59. The van der Waals surface area contributed by atoms with E-state index in [4.69, 9.17) is 0 Å². The molecule has 74 valence electrons. The predicted octanol–water partition coefficient (Wildman–Crippen LogP) is 1.94. The molecule has 14 heavy (non-hydrogen) atoms. The average molecular weight is 189 g/mol. The van der Waals surface area contributed by atoms with E-state index in [0.29, 0.717) is 0 Å². The molecule has 1 aliphatic heterocycles. The highest BCUT2D eigenvalue weighted by Gasteiger charge is 2.44. The van der Waals surface area contributed by atoms with Crippen LogP contribution >= 0.6 is 0 Å². The fourth-order valence-corrected chi connectivity index (χ4v) is 2.51. The lowest BCUT2D eigenvalue weighted by atomic mass is 9.74. The molecular weight excluding hydrogens is 174 g/mol. The van der Waals surface area contributed by atoms with Gasteiger partial charge < -0.3 is 10.4 Å². The number of para-hydroxylation sites is 1. The third-order valence-electron chi connectivity index (χ3n) is 3.64. The Balaban J connectivity index is 1.84. The van der Waals surface area contributed by atoms with Crippen molar-refractivity contribution >= 4 is 5.69 Å². The van der Waals surface area contributed by atoms with E-state index >= 15 is 0 Å². The molecule has 1 fully saturated rings. The molecule has 0 amide bonds. The van der Waals surface area contributed by atoms with Gasteiger partial charge in [-0.15, -0.1) is 0 Å². The van der Waals surface area contributed by atoms with Crippen LogP contribution in [0.3, 0.4) is 0 Å². The molecule has 0 radical (unpaired) electrons. The molecule has 1 aromatic carbocycles. The van der Waals surface area contributed by atoms with Gasteiger partial charge in [-0.2, -0.15) is 0 Å². The Morgan fingerprint density at radius 2 is 2.07 bits per heavy atom. The van der Waals surface area contributed by atoms with Crippen LogP contribution in [-0.2, 0) is 6.42 Å². The van der Waals surface area contributed by atoms with Crippen LogP contribution in [0.4, 0.5) is 5.69 Å². The summed E-state index contributed by atoms with van der Waals surface area (Å²) in [6.07, 6.45) is 4.06. The quantitative estimate of drug-likeness (QED) is 0.707. The van der Waals surface area contributed by atoms with E-state index in [2.05, 4.69) is 23.5 Å². The molecule has 1 unspecified atom stereocenters. The molecule has 1 aromatic rings. The third kappa shape index (κ3) is 1.07. The molecular formula is C12H15NO. The van der Waals surface area contributed by atoms with Crippen LogP contribution in [0.2, 0.25) is 0 Å². The summed E-state index contributed by atoms with van der Waals surface area (Å²) in [4.78, 5) is 0. The highest BCUT2D eigenvalue weighted by molar-refractivity contribution is 5.57. The summed E-state index contributed by atoms with van der Waals surface area (Å²) in [7, 11) is 0. The Kier molecular flexibility index (Phi) is 1.62. The molecule has 0 bridgehead atoms. The topological polar surface area (TPSA) is 32.3 Å². The molecule has 3 rings (SSSR count). The maximum atomic E-state index is 10.2. The minimum atomic E-state index is -0.432. The lowest BCUT2D eigenvalue weighted by Gasteiger charge is -2.41. The molecule has 2 heteroatoms. The van der Waals surface area contributed by atoms with Gasteiger partial charge in [-0.1, -0.05) is 18.2 Å². The fourth-order valence-electron chi connectivity index (χ4n) is 2.51. The monoisotopic (exact) mass is 189 g/mol. The van der Waals surface area contributed by atoms with Crippen molar-refractivity contribution in [2.24, 2.45) is 0 Å². The number of nitrogens with one attached hydrogen (secondary N) is 1. The Labute approximate surface area is 84.0 Å². The zero-order valence-corrected chi connectivity index (χ0v) is 8.16. The molecule has 2 nitrogen and oxygen atoms in total. The van der Waals surface area contributed by atoms with Crippen molar-refractivity contribution in [1.29, 1.82) is 0 Å². The van der Waals surface area contributed by atoms with Gasteiger partial charge >= 0.3 is 0 Å². The van der Waals surface area contributed by atoms with E-state index in [1.807, 2.05) is 6.07 Å². The number of fused-ring (bicyclic) bond motifs is 1. The number of hydrogen-bond acceptors (Lipinski definition) is 2. The Bertz CT molecular complexity index is 332. The van der Waals surface area contributed by atoms with E-state index in [0.717, 1.165) is 19.3 Å². The fraction of sp³-hybridized carbons (Fsp3) is 0.500.